The quantitative estimate of drug-likeness (QED) is 0.790. The van der Waals surface area contributed by atoms with Crippen LogP contribution in [0.5, 0.6) is 5.75 Å². The molecule has 0 spiro atoms. The van der Waals surface area contributed by atoms with Gasteiger partial charge >= 0.3 is 5.97 Å². The van der Waals surface area contributed by atoms with Crippen molar-refractivity contribution in [2.45, 2.75) is 45.4 Å². The number of ether oxygens (including phenoxy) is 3. The van der Waals surface area contributed by atoms with E-state index >= 15 is 0 Å². The van der Waals surface area contributed by atoms with E-state index in [9.17, 15) is 9.18 Å². The molecule has 2 unspecified atom stereocenters. The standard InChI is InChI=1S/C15H20FNO4.C4H10O/c1-10-7-13(21-12-5-3-11(16)4-6-12)8-19-9-14(17-2)15(18)20-10;1-4(2)3-5/h3-6,10,13-14,17H,7-9H2,1-2H3;4-5H,3H2,1-2H3/t10?,13?,14-;/m0./s1. The summed E-state index contributed by atoms with van der Waals surface area (Å²) in [4.78, 5) is 11.8. The van der Waals surface area contributed by atoms with Crippen LogP contribution >= 0.6 is 0 Å². The van der Waals surface area contributed by atoms with Gasteiger partial charge in [-0.3, -0.25) is 4.79 Å². The Morgan fingerprint density at radius 2 is 1.92 bits per heavy atom. The van der Waals surface area contributed by atoms with E-state index in [-0.39, 0.29) is 30.6 Å². The lowest BCUT2D eigenvalue weighted by atomic mass is 10.2. The summed E-state index contributed by atoms with van der Waals surface area (Å²) in [5.41, 5.74) is 0. The lowest BCUT2D eigenvalue weighted by Gasteiger charge is -2.21. The van der Waals surface area contributed by atoms with Gasteiger partial charge in [-0.1, -0.05) is 13.8 Å². The van der Waals surface area contributed by atoms with Crippen LogP contribution in [0, 0.1) is 11.7 Å². The van der Waals surface area contributed by atoms with Crippen LogP contribution < -0.4 is 10.1 Å². The van der Waals surface area contributed by atoms with Crippen LogP contribution in [0.15, 0.2) is 24.3 Å². The molecule has 0 aromatic heterocycles. The minimum absolute atomic E-state index is 0.228. The molecule has 6 nitrogen and oxygen atoms in total. The topological polar surface area (TPSA) is 77.0 Å². The Balaban J connectivity index is 0.000000597. The molecule has 0 saturated carbocycles. The molecular formula is C19H30FNO5. The predicted octanol–water partition coefficient (Wildman–Crippen LogP) is 2.15. The number of carbonyl (C=O) groups excluding carboxylic acids is 1. The second kappa shape index (κ2) is 11.8. The van der Waals surface area contributed by atoms with Crippen LogP contribution in [-0.4, -0.2) is 56.2 Å². The summed E-state index contributed by atoms with van der Waals surface area (Å²) in [7, 11) is 1.68. The average Bonchev–Trinajstić information content (AvgIpc) is 2.66. The summed E-state index contributed by atoms with van der Waals surface area (Å²) in [6, 6.07) is 5.33. The first-order valence-corrected chi connectivity index (χ1v) is 8.84. The minimum Gasteiger partial charge on any atom is -0.488 e. The first kappa shape index (κ1) is 22.3. The van der Waals surface area contributed by atoms with E-state index < -0.39 is 6.04 Å². The molecule has 1 saturated heterocycles. The van der Waals surface area contributed by atoms with Crippen LogP contribution in [0.1, 0.15) is 27.2 Å². The number of rotatable bonds is 4. The number of likely N-dealkylation sites (N-methyl/N-ethyl adjacent to an activating group) is 1. The second-order valence-corrected chi connectivity index (χ2v) is 6.63. The van der Waals surface area contributed by atoms with Crippen LogP contribution in [0.4, 0.5) is 4.39 Å². The molecule has 1 aromatic rings. The molecule has 1 aliphatic heterocycles. The molecule has 0 amide bonds. The van der Waals surface area contributed by atoms with Crippen molar-refractivity contribution in [3.8, 4) is 5.75 Å². The third-order valence-electron chi connectivity index (χ3n) is 3.61. The average molecular weight is 371 g/mol. The molecule has 1 heterocycles. The number of nitrogens with one attached hydrogen (secondary N) is 1. The number of aliphatic hydroxyl groups excluding tert-OH is 1. The summed E-state index contributed by atoms with van der Waals surface area (Å²) < 4.78 is 29.5. The van der Waals surface area contributed by atoms with Crippen molar-refractivity contribution in [1.29, 1.82) is 0 Å². The molecule has 0 bridgehead atoms. The Morgan fingerprint density at radius 1 is 1.31 bits per heavy atom. The molecule has 7 heteroatoms. The molecule has 1 aliphatic rings. The fourth-order valence-corrected chi connectivity index (χ4v) is 2.14. The van der Waals surface area contributed by atoms with Gasteiger partial charge in [0.2, 0.25) is 0 Å². The first-order chi connectivity index (χ1) is 12.3. The number of benzene rings is 1. The lowest BCUT2D eigenvalue weighted by Crippen LogP contribution is -2.40. The smallest absolute Gasteiger partial charge is 0.325 e. The highest BCUT2D eigenvalue weighted by Crippen LogP contribution is 2.17. The third kappa shape index (κ3) is 8.60. The van der Waals surface area contributed by atoms with Crippen molar-refractivity contribution in [2.75, 3.05) is 26.9 Å². The number of hydrogen-bond donors (Lipinski definition) is 2. The van der Waals surface area contributed by atoms with Crippen molar-refractivity contribution in [2.24, 2.45) is 5.92 Å². The van der Waals surface area contributed by atoms with E-state index in [0.717, 1.165) is 0 Å². The van der Waals surface area contributed by atoms with Crippen LogP contribution in [0.25, 0.3) is 0 Å². The molecule has 26 heavy (non-hydrogen) atoms. The van der Waals surface area contributed by atoms with Gasteiger partial charge in [-0.15, -0.1) is 0 Å². The molecular weight excluding hydrogens is 341 g/mol. The summed E-state index contributed by atoms with van der Waals surface area (Å²) >= 11 is 0. The van der Waals surface area contributed by atoms with Crippen molar-refractivity contribution < 1.29 is 28.5 Å². The minimum atomic E-state index is -0.475. The van der Waals surface area contributed by atoms with Crippen molar-refractivity contribution >= 4 is 5.97 Å². The summed E-state index contributed by atoms with van der Waals surface area (Å²) in [5, 5.41) is 11.0. The van der Waals surface area contributed by atoms with Gasteiger partial charge in [0.1, 0.15) is 29.8 Å². The normalized spacial score (nSPS) is 23.8. The molecule has 0 radical (unpaired) electrons. The highest BCUT2D eigenvalue weighted by Gasteiger charge is 2.26. The maximum absolute atomic E-state index is 12.9. The Morgan fingerprint density at radius 3 is 2.46 bits per heavy atom. The number of carbonyl (C=O) groups is 1. The van der Waals surface area contributed by atoms with Gasteiger partial charge in [-0.25, -0.2) is 4.39 Å². The summed E-state index contributed by atoms with van der Waals surface area (Å²) in [6.45, 7) is 6.64. The van der Waals surface area contributed by atoms with E-state index in [1.54, 1.807) is 19.2 Å². The highest BCUT2D eigenvalue weighted by atomic mass is 19.1. The molecule has 1 fully saturated rings. The Hall–Kier alpha value is -1.70. The molecule has 148 valence electrons. The van der Waals surface area contributed by atoms with Gasteiger partial charge in [0.05, 0.1) is 13.2 Å². The Labute approximate surface area is 154 Å². The number of hydrogen-bond acceptors (Lipinski definition) is 6. The summed E-state index contributed by atoms with van der Waals surface area (Å²) in [5.74, 6) is 0.364. The SMILES string of the molecule is CC(C)CO.CN[C@H]1COCC(Oc2ccc(F)cc2)CC(C)OC1=O. The van der Waals surface area contributed by atoms with Gasteiger partial charge in [0.15, 0.2) is 0 Å². The largest absolute Gasteiger partial charge is 0.488 e. The summed E-state index contributed by atoms with van der Waals surface area (Å²) in [6.07, 6.45) is -0.0196. The maximum atomic E-state index is 12.9. The maximum Gasteiger partial charge on any atom is 0.325 e. The second-order valence-electron chi connectivity index (χ2n) is 6.63. The molecule has 1 aromatic carbocycles. The van der Waals surface area contributed by atoms with Crippen LogP contribution in [0.3, 0.4) is 0 Å². The van der Waals surface area contributed by atoms with Gasteiger partial charge in [-0.05, 0) is 44.2 Å². The number of cyclic esters (lactones) is 1. The van der Waals surface area contributed by atoms with Gasteiger partial charge < -0.3 is 24.6 Å². The fourth-order valence-electron chi connectivity index (χ4n) is 2.14. The lowest BCUT2D eigenvalue weighted by molar-refractivity contribution is -0.151. The van der Waals surface area contributed by atoms with Gasteiger partial charge in [-0.2, -0.15) is 0 Å². The zero-order chi connectivity index (χ0) is 19.5. The van der Waals surface area contributed by atoms with Crippen molar-refractivity contribution in [1.82, 2.24) is 5.32 Å². The predicted molar refractivity (Wildman–Crippen MR) is 96.6 cm³/mol. The van der Waals surface area contributed by atoms with Gasteiger partial charge in [0.25, 0.3) is 0 Å². The van der Waals surface area contributed by atoms with E-state index in [1.807, 2.05) is 20.8 Å². The van der Waals surface area contributed by atoms with E-state index in [0.29, 0.717) is 31.3 Å². The van der Waals surface area contributed by atoms with E-state index in [2.05, 4.69) is 5.32 Å². The monoisotopic (exact) mass is 371 g/mol. The highest BCUT2D eigenvalue weighted by molar-refractivity contribution is 5.76. The molecule has 2 N–H and O–H groups in total. The number of aliphatic hydroxyl groups is 1. The van der Waals surface area contributed by atoms with Crippen molar-refractivity contribution in [3.05, 3.63) is 30.1 Å². The fraction of sp³-hybridized carbons (Fsp3) is 0.632. The Bertz CT molecular complexity index is 523. The Kier molecular flexibility index (Phi) is 10.2. The molecule has 3 atom stereocenters. The van der Waals surface area contributed by atoms with E-state index in [4.69, 9.17) is 19.3 Å². The molecule has 0 aliphatic carbocycles. The zero-order valence-corrected chi connectivity index (χ0v) is 15.9. The van der Waals surface area contributed by atoms with Crippen molar-refractivity contribution in [3.63, 3.8) is 0 Å². The zero-order valence-electron chi connectivity index (χ0n) is 15.9. The number of halogens is 1. The molecule has 2 rings (SSSR count). The number of esters is 1. The third-order valence-corrected chi connectivity index (χ3v) is 3.61. The van der Waals surface area contributed by atoms with Gasteiger partial charge in [0, 0.05) is 13.0 Å². The van der Waals surface area contributed by atoms with E-state index in [1.165, 1.54) is 12.1 Å². The first-order valence-electron chi connectivity index (χ1n) is 8.84. The van der Waals surface area contributed by atoms with Crippen LogP contribution in [-0.2, 0) is 14.3 Å². The van der Waals surface area contributed by atoms with Crippen LogP contribution in [0.2, 0.25) is 0 Å².